The molecule has 0 heterocycles. The van der Waals surface area contributed by atoms with Crippen LogP contribution in [0.3, 0.4) is 0 Å². The fourth-order valence-corrected chi connectivity index (χ4v) is 2.28. The Hall–Kier alpha value is -1.69. The Morgan fingerprint density at radius 3 is 2.61 bits per heavy atom. The molecule has 1 aliphatic carbocycles. The summed E-state index contributed by atoms with van der Waals surface area (Å²) in [5.41, 5.74) is 5.56. The quantitative estimate of drug-likeness (QED) is 0.640. The third-order valence-corrected chi connectivity index (χ3v) is 3.31. The number of nitro groups is 1. The highest BCUT2D eigenvalue weighted by Crippen LogP contribution is 2.30. The van der Waals surface area contributed by atoms with Crippen molar-refractivity contribution in [1.29, 1.82) is 0 Å². The first-order chi connectivity index (χ1) is 8.58. The maximum atomic E-state index is 13.7. The highest BCUT2D eigenvalue weighted by Gasteiger charge is 2.23. The first-order valence-corrected chi connectivity index (χ1v) is 6.03. The minimum atomic E-state index is -0.584. The lowest BCUT2D eigenvalue weighted by molar-refractivity contribution is -0.384. The topological polar surface area (TPSA) is 81.2 Å². The maximum absolute atomic E-state index is 13.7. The minimum Gasteiger partial charge on any atom is -0.374 e. The van der Waals surface area contributed by atoms with Crippen molar-refractivity contribution < 1.29 is 9.31 Å². The largest absolute Gasteiger partial charge is 0.374 e. The second-order valence-corrected chi connectivity index (χ2v) is 4.65. The fourth-order valence-electron chi connectivity index (χ4n) is 2.28. The van der Waals surface area contributed by atoms with Gasteiger partial charge in [0.25, 0.3) is 5.69 Å². The summed E-state index contributed by atoms with van der Waals surface area (Å²) in [7, 11) is 0. The van der Waals surface area contributed by atoms with Crippen molar-refractivity contribution in [2.24, 2.45) is 5.73 Å². The van der Waals surface area contributed by atoms with E-state index in [-0.39, 0.29) is 23.5 Å². The molecule has 0 radical (unpaired) electrons. The maximum Gasteiger partial charge on any atom is 0.295 e. The van der Waals surface area contributed by atoms with Crippen LogP contribution in [0, 0.1) is 15.9 Å². The summed E-state index contributed by atoms with van der Waals surface area (Å²) in [4.78, 5) is 10.3. The second-order valence-electron chi connectivity index (χ2n) is 4.65. The van der Waals surface area contributed by atoms with Gasteiger partial charge in [-0.3, -0.25) is 10.1 Å². The van der Waals surface area contributed by atoms with Crippen LogP contribution in [0.15, 0.2) is 18.2 Å². The van der Waals surface area contributed by atoms with Crippen molar-refractivity contribution in [3.8, 4) is 0 Å². The van der Waals surface area contributed by atoms with Crippen LogP contribution >= 0.6 is 0 Å². The Kier molecular flexibility index (Phi) is 3.76. The Balaban J connectivity index is 2.15. The average molecular weight is 253 g/mol. The number of nitrogens with two attached hydrogens (primary N) is 1. The standard InChI is InChI=1S/C12H16FN3O2/c13-10-2-1-3-11(16(17)18)12(10)15-9-6-4-8(14)5-7-9/h1-3,8-9,15H,4-7,14H2. The van der Waals surface area contributed by atoms with E-state index in [0.29, 0.717) is 0 Å². The zero-order valence-electron chi connectivity index (χ0n) is 9.93. The third kappa shape index (κ3) is 2.76. The summed E-state index contributed by atoms with van der Waals surface area (Å²) in [6, 6.07) is 4.12. The van der Waals surface area contributed by atoms with Gasteiger partial charge in [0.05, 0.1) is 4.92 Å². The predicted octanol–water partition coefficient (Wildman–Crippen LogP) is 2.42. The van der Waals surface area contributed by atoms with Gasteiger partial charge < -0.3 is 11.1 Å². The third-order valence-electron chi connectivity index (χ3n) is 3.31. The number of para-hydroxylation sites is 1. The van der Waals surface area contributed by atoms with Gasteiger partial charge in [0.2, 0.25) is 0 Å². The van der Waals surface area contributed by atoms with Gasteiger partial charge in [-0.25, -0.2) is 4.39 Å². The van der Waals surface area contributed by atoms with Crippen LogP contribution < -0.4 is 11.1 Å². The normalized spacial score (nSPS) is 23.7. The summed E-state index contributed by atoms with van der Waals surface area (Å²) >= 11 is 0. The van der Waals surface area contributed by atoms with Crippen LogP contribution in [0.25, 0.3) is 0 Å². The van der Waals surface area contributed by atoms with Crippen molar-refractivity contribution in [2.75, 3.05) is 5.32 Å². The highest BCUT2D eigenvalue weighted by atomic mass is 19.1. The fraction of sp³-hybridized carbons (Fsp3) is 0.500. The van der Waals surface area contributed by atoms with Crippen molar-refractivity contribution in [1.82, 2.24) is 0 Å². The van der Waals surface area contributed by atoms with E-state index in [0.717, 1.165) is 25.7 Å². The van der Waals surface area contributed by atoms with E-state index < -0.39 is 10.7 Å². The first kappa shape index (κ1) is 12.8. The van der Waals surface area contributed by atoms with Crippen LogP contribution in [-0.2, 0) is 0 Å². The zero-order chi connectivity index (χ0) is 13.1. The van der Waals surface area contributed by atoms with Crippen LogP contribution in [-0.4, -0.2) is 17.0 Å². The van der Waals surface area contributed by atoms with E-state index in [1.165, 1.54) is 18.2 Å². The second kappa shape index (κ2) is 5.30. The SMILES string of the molecule is NC1CCC(Nc2c(F)cccc2[N+](=O)[O-])CC1. The molecule has 2 rings (SSSR count). The van der Waals surface area contributed by atoms with E-state index in [9.17, 15) is 14.5 Å². The summed E-state index contributed by atoms with van der Waals surface area (Å²) < 4.78 is 13.7. The molecule has 1 aliphatic rings. The van der Waals surface area contributed by atoms with Gasteiger partial charge in [-0.1, -0.05) is 6.07 Å². The van der Waals surface area contributed by atoms with Crippen LogP contribution in [0.4, 0.5) is 15.8 Å². The molecule has 5 nitrogen and oxygen atoms in total. The molecule has 0 bridgehead atoms. The van der Waals surface area contributed by atoms with E-state index in [4.69, 9.17) is 5.73 Å². The smallest absolute Gasteiger partial charge is 0.295 e. The lowest BCUT2D eigenvalue weighted by atomic mass is 9.91. The predicted molar refractivity (Wildman–Crippen MR) is 66.9 cm³/mol. The molecular formula is C12H16FN3O2. The molecule has 0 aromatic heterocycles. The molecule has 0 aliphatic heterocycles. The monoisotopic (exact) mass is 253 g/mol. The Bertz CT molecular complexity index is 445. The Morgan fingerprint density at radius 1 is 1.33 bits per heavy atom. The van der Waals surface area contributed by atoms with E-state index in [1.54, 1.807) is 0 Å². The Labute approximate surface area is 104 Å². The van der Waals surface area contributed by atoms with E-state index >= 15 is 0 Å². The summed E-state index contributed by atoms with van der Waals surface area (Å²) in [6.07, 6.45) is 3.35. The molecule has 1 fully saturated rings. The van der Waals surface area contributed by atoms with Gasteiger partial charge in [-0.05, 0) is 31.7 Å². The molecule has 1 aromatic carbocycles. The number of halogens is 1. The number of anilines is 1. The van der Waals surface area contributed by atoms with Crippen LogP contribution in [0.1, 0.15) is 25.7 Å². The summed E-state index contributed by atoms with van der Waals surface area (Å²) in [6.45, 7) is 0. The van der Waals surface area contributed by atoms with Crippen molar-refractivity contribution in [3.05, 3.63) is 34.1 Å². The molecule has 0 saturated heterocycles. The summed E-state index contributed by atoms with van der Waals surface area (Å²) in [5, 5.41) is 13.8. The molecule has 0 unspecified atom stereocenters. The van der Waals surface area contributed by atoms with Gasteiger partial charge in [0.1, 0.15) is 5.69 Å². The number of nitrogens with zero attached hydrogens (tertiary/aromatic N) is 1. The molecule has 0 atom stereocenters. The number of nitrogens with one attached hydrogen (secondary N) is 1. The van der Waals surface area contributed by atoms with Gasteiger partial charge in [0.15, 0.2) is 5.82 Å². The molecule has 1 saturated carbocycles. The molecule has 18 heavy (non-hydrogen) atoms. The van der Waals surface area contributed by atoms with Crippen molar-refractivity contribution in [2.45, 2.75) is 37.8 Å². The van der Waals surface area contributed by atoms with Gasteiger partial charge in [0, 0.05) is 18.2 Å². The molecular weight excluding hydrogens is 237 g/mol. The van der Waals surface area contributed by atoms with E-state index in [2.05, 4.69) is 5.32 Å². The Morgan fingerprint density at radius 2 is 2.00 bits per heavy atom. The lowest BCUT2D eigenvalue weighted by Crippen LogP contribution is -2.33. The first-order valence-electron chi connectivity index (χ1n) is 6.03. The number of rotatable bonds is 3. The summed E-state index contributed by atoms with van der Waals surface area (Å²) in [5.74, 6) is -0.584. The number of benzene rings is 1. The highest BCUT2D eigenvalue weighted by molar-refractivity contribution is 5.62. The zero-order valence-corrected chi connectivity index (χ0v) is 9.93. The number of hydrogen-bond donors (Lipinski definition) is 2. The molecule has 98 valence electrons. The van der Waals surface area contributed by atoms with Gasteiger partial charge in [-0.2, -0.15) is 0 Å². The van der Waals surface area contributed by atoms with Crippen molar-refractivity contribution in [3.63, 3.8) is 0 Å². The lowest BCUT2D eigenvalue weighted by Gasteiger charge is -2.27. The molecule has 0 spiro atoms. The van der Waals surface area contributed by atoms with Gasteiger partial charge in [-0.15, -0.1) is 0 Å². The minimum absolute atomic E-state index is 0.0111. The van der Waals surface area contributed by atoms with Gasteiger partial charge >= 0.3 is 0 Å². The molecule has 3 N–H and O–H groups in total. The van der Waals surface area contributed by atoms with Crippen molar-refractivity contribution >= 4 is 11.4 Å². The number of hydrogen-bond acceptors (Lipinski definition) is 4. The average Bonchev–Trinajstić information content (AvgIpc) is 2.34. The number of nitro benzene ring substituents is 1. The van der Waals surface area contributed by atoms with Crippen LogP contribution in [0.2, 0.25) is 0 Å². The molecule has 6 heteroatoms. The van der Waals surface area contributed by atoms with Crippen LogP contribution in [0.5, 0.6) is 0 Å². The van der Waals surface area contributed by atoms with E-state index in [1.807, 2.05) is 0 Å². The molecule has 1 aromatic rings. The molecule has 0 amide bonds.